The minimum Gasteiger partial charge on any atom is -0.370 e. The SMILES string of the molecule is CCCCNc1cc(C)ccn1.CNC(=O)CNC=O. The van der Waals surface area contributed by atoms with Crippen LogP contribution in [0.1, 0.15) is 25.3 Å². The Labute approximate surface area is 120 Å². The third-order valence-electron chi connectivity index (χ3n) is 2.38. The molecular weight excluding hydrogens is 256 g/mol. The molecule has 0 aliphatic rings. The van der Waals surface area contributed by atoms with Gasteiger partial charge in [-0.1, -0.05) is 13.3 Å². The molecule has 0 saturated heterocycles. The van der Waals surface area contributed by atoms with Gasteiger partial charge in [0.25, 0.3) is 0 Å². The van der Waals surface area contributed by atoms with E-state index in [2.05, 4.69) is 40.8 Å². The minimum atomic E-state index is -0.197. The first-order chi connectivity index (χ1) is 9.63. The smallest absolute Gasteiger partial charge is 0.239 e. The first-order valence-electron chi connectivity index (χ1n) is 6.68. The van der Waals surface area contributed by atoms with Crippen LogP contribution in [0.15, 0.2) is 18.3 Å². The number of anilines is 1. The zero-order chi connectivity index (χ0) is 15.2. The van der Waals surface area contributed by atoms with Gasteiger partial charge in [-0.05, 0) is 31.0 Å². The maximum Gasteiger partial charge on any atom is 0.239 e. The van der Waals surface area contributed by atoms with Crippen molar-refractivity contribution in [1.29, 1.82) is 0 Å². The molecule has 1 heterocycles. The van der Waals surface area contributed by atoms with Crippen molar-refractivity contribution in [1.82, 2.24) is 15.6 Å². The number of pyridine rings is 1. The van der Waals surface area contributed by atoms with Gasteiger partial charge < -0.3 is 16.0 Å². The van der Waals surface area contributed by atoms with Crippen molar-refractivity contribution in [3.05, 3.63) is 23.9 Å². The quantitative estimate of drug-likeness (QED) is 0.515. The Bertz CT molecular complexity index is 397. The molecule has 0 aliphatic heterocycles. The molecule has 2 amide bonds. The van der Waals surface area contributed by atoms with E-state index in [0.29, 0.717) is 6.41 Å². The molecule has 0 atom stereocenters. The number of hydrogen-bond donors (Lipinski definition) is 3. The second kappa shape index (κ2) is 12.0. The number of aryl methyl sites for hydroxylation is 1. The van der Waals surface area contributed by atoms with Crippen molar-refractivity contribution in [3.63, 3.8) is 0 Å². The highest BCUT2D eigenvalue weighted by Gasteiger charge is 1.92. The molecule has 1 aromatic heterocycles. The van der Waals surface area contributed by atoms with Gasteiger partial charge in [-0.2, -0.15) is 0 Å². The molecule has 0 radical (unpaired) electrons. The lowest BCUT2D eigenvalue weighted by Gasteiger charge is -2.03. The first kappa shape index (κ1) is 17.9. The van der Waals surface area contributed by atoms with Crippen LogP contribution >= 0.6 is 0 Å². The molecule has 1 aromatic rings. The van der Waals surface area contributed by atoms with Crippen molar-refractivity contribution < 1.29 is 9.59 Å². The minimum absolute atomic E-state index is 0.0556. The molecule has 0 aromatic carbocycles. The zero-order valence-corrected chi connectivity index (χ0v) is 12.4. The summed E-state index contributed by atoms with van der Waals surface area (Å²) in [6, 6.07) is 4.07. The van der Waals surface area contributed by atoms with E-state index in [0.717, 1.165) is 12.4 Å². The van der Waals surface area contributed by atoms with E-state index < -0.39 is 0 Å². The zero-order valence-electron chi connectivity index (χ0n) is 12.4. The van der Waals surface area contributed by atoms with Crippen LogP contribution in [-0.2, 0) is 9.59 Å². The third-order valence-corrected chi connectivity index (χ3v) is 2.38. The fourth-order valence-corrected chi connectivity index (χ4v) is 1.25. The lowest BCUT2D eigenvalue weighted by molar-refractivity contribution is -0.121. The van der Waals surface area contributed by atoms with Crippen LogP contribution in [0.3, 0.4) is 0 Å². The van der Waals surface area contributed by atoms with Crippen molar-refractivity contribution in [2.75, 3.05) is 25.5 Å². The molecule has 0 saturated carbocycles. The van der Waals surface area contributed by atoms with Gasteiger partial charge in [0.2, 0.25) is 12.3 Å². The van der Waals surface area contributed by atoms with Crippen molar-refractivity contribution >= 4 is 18.1 Å². The van der Waals surface area contributed by atoms with Gasteiger partial charge in [0, 0.05) is 19.8 Å². The second-order valence-corrected chi connectivity index (χ2v) is 4.17. The topological polar surface area (TPSA) is 83.1 Å². The van der Waals surface area contributed by atoms with E-state index in [-0.39, 0.29) is 12.5 Å². The molecule has 0 unspecified atom stereocenters. The van der Waals surface area contributed by atoms with Crippen LogP contribution in [0, 0.1) is 6.92 Å². The first-order valence-corrected chi connectivity index (χ1v) is 6.68. The van der Waals surface area contributed by atoms with Crippen LogP contribution in [0.2, 0.25) is 0 Å². The Balaban J connectivity index is 0.000000396. The summed E-state index contributed by atoms with van der Waals surface area (Å²) in [6.45, 7) is 5.34. The Kier molecular flexibility index (Phi) is 10.7. The van der Waals surface area contributed by atoms with Crippen LogP contribution in [0.5, 0.6) is 0 Å². The average molecular weight is 280 g/mol. The van der Waals surface area contributed by atoms with E-state index >= 15 is 0 Å². The standard InChI is InChI=1S/C10H16N2.C4H8N2O2/c1-3-4-6-11-10-8-9(2)5-7-12-10;1-5-4(8)2-6-3-7/h5,7-8H,3-4,6H2,1-2H3,(H,11,12);3H,2H2,1H3,(H,5,8)(H,6,7). The van der Waals surface area contributed by atoms with E-state index in [4.69, 9.17) is 0 Å². The molecule has 0 bridgehead atoms. The summed E-state index contributed by atoms with van der Waals surface area (Å²) < 4.78 is 0. The molecule has 3 N–H and O–H groups in total. The molecule has 6 heteroatoms. The highest BCUT2D eigenvalue weighted by molar-refractivity contribution is 5.79. The van der Waals surface area contributed by atoms with E-state index in [1.165, 1.54) is 25.5 Å². The predicted molar refractivity (Wildman–Crippen MR) is 80.5 cm³/mol. The highest BCUT2D eigenvalue weighted by atomic mass is 16.2. The molecule has 6 nitrogen and oxygen atoms in total. The number of rotatable bonds is 7. The van der Waals surface area contributed by atoms with Gasteiger partial charge in [-0.15, -0.1) is 0 Å². The number of nitrogens with one attached hydrogen (secondary N) is 3. The molecule has 112 valence electrons. The second-order valence-electron chi connectivity index (χ2n) is 4.17. The maximum atomic E-state index is 10.2. The fourth-order valence-electron chi connectivity index (χ4n) is 1.25. The summed E-state index contributed by atoms with van der Waals surface area (Å²) in [5.74, 6) is 0.792. The summed E-state index contributed by atoms with van der Waals surface area (Å²) in [7, 11) is 1.51. The lowest BCUT2D eigenvalue weighted by Crippen LogP contribution is -2.30. The van der Waals surface area contributed by atoms with Gasteiger partial charge in [-0.3, -0.25) is 9.59 Å². The largest absolute Gasteiger partial charge is 0.370 e. The van der Waals surface area contributed by atoms with Gasteiger partial charge in [0.05, 0.1) is 6.54 Å². The van der Waals surface area contributed by atoms with Crippen molar-refractivity contribution in [2.24, 2.45) is 0 Å². The van der Waals surface area contributed by atoms with E-state index in [9.17, 15) is 9.59 Å². The molecule has 1 rings (SSSR count). The fraction of sp³-hybridized carbons (Fsp3) is 0.500. The van der Waals surface area contributed by atoms with Gasteiger partial charge >= 0.3 is 0 Å². The lowest BCUT2D eigenvalue weighted by atomic mass is 10.3. The highest BCUT2D eigenvalue weighted by Crippen LogP contribution is 2.04. The summed E-state index contributed by atoms with van der Waals surface area (Å²) in [6.07, 6.45) is 4.74. The number of amides is 2. The van der Waals surface area contributed by atoms with Crippen LogP contribution in [0.4, 0.5) is 5.82 Å². The number of carbonyl (C=O) groups is 2. The summed E-state index contributed by atoms with van der Waals surface area (Å²) in [4.78, 5) is 24.0. The molecule has 0 fully saturated rings. The number of hydrogen-bond acceptors (Lipinski definition) is 4. The number of nitrogens with zero attached hydrogens (tertiary/aromatic N) is 1. The predicted octanol–water partition coefficient (Wildman–Crippen LogP) is 1.08. The normalized spacial score (nSPS) is 8.95. The van der Waals surface area contributed by atoms with Crippen LogP contribution in [-0.4, -0.2) is 37.4 Å². The van der Waals surface area contributed by atoms with Gasteiger partial charge in [0.15, 0.2) is 0 Å². The Morgan fingerprint density at radius 3 is 2.75 bits per heavy atom. The van der Waals surface area contributed by atoms with E-state index in [1.807, 2.05) is 12.3 Å². The Morgan fingerprint density at radius 1 is 1.45 bits per heavy atom. The Morgan fingerprint density at radius 2 is 2.20 bits per heavy atom. The van der Waals surface area contributed by atoms with Crippen LogP contribution in [0.25, 0.3) is 0 Å². The molecule has 0 aliphatic carbocycles. The third kappa shape index (κ3) is 9.87. The van der Waals surface area contributed by atoms with E-state index in [1.54, 1.807) is 0 Å². The number of carbonyl (C=O) groups excluding carboxylic acids is 2. The molecular formula is C14H24N4O2. The Hall–Kier alpha value is -2.11. The summed E-state index contributed by atoms with van der Waals surface area (Å²) in [5.41, 5.74) is 1.25. The number of aromatic nitrogens is 1. The van der Waals surface area contributed by atoms with Crippen molar-refractivity contribution in [2.45, 2.75) is 26.7 Å². The number of unbranched alkanes of at least 4 members (excludes halogenated alkanes) is 1. The van der Waals surface area contributed by atoms with Crippen molar-refractivity contribution in [3.8, 4) is 0 Å². The molecule has 20 heavy (non-hydrogen) atoms. The van der Waals surface area contributed by atoms with Crippen LogP contribution < -0.4 is 16.0 Å². The summed E-state index contributed by atoms with van der Waals surface area (Å²) in [5, 5.41) is 7.82. The monoisotopic (exact) mass is 280 g/mol. The summed E-state index contributed by atoms with van der Waals surface area (Å²) >= 11 is 0. The van der Waals surface area contributed by atoms with Gasteiger partial charge in [-0.25, -0.2) is 4.98 Å². The average Bonchev–Trinajstić information content (AvgIpc) is 2.46. The number of likely N-dealkylation sites (N-methyl/N-ethyl adjacent to an activating group) is 1. The molecule has 0 spiro atoms. The maximum absolute atomic E-state index is 10.2. The van der Waals surface area contributed by atoms with Gasteiger partial charge in [0.1, 0.15) is 5.82 Å².